The van der Waals surface area contributed by atoms with E-state index < -0.39 is 0 Å². The average Bonchev–Trinajstić information content (AvgIpc) is 1.93. The molecular formula is C9H14ClOP. The molecule has 0 saturated carbocycles. The van der Waals surface area contributed by atoms with Crippen LogP contribution in [0.25, 0.3) is 0 Å². The Morgan fingerprint density at radius 2 is 1.75 bits per heavy atom. The molecule has 0 aliphatic carbocycles. The van der Waals surface area contributed by atoms with Gasteiger partial charge in [-0.2, -0.15) is 0 Å². The first-order valence-corrected chi connectivity index (χ1v) is 4.34. The monoisotopic (exact) mass is 204 g/mol. The van der Waals surface area contributed by atoms with Crippen molar-refractivity contribution in [1.82, 2.24) is 0 Å². The maximum atomic E-state index is 5.43. The summed E-state index contributed by atoms with van der Waals surface area (Å²) in [5, 5.41) is 0. The molecule has 12 heavy (non-hydrogen) atoms. The van der Waals surface area contributed by atoms with Crippen LogP contribution in [-0.4, -0.2) is 5.85 Å². The molecule has 0 spiro atoms. The summed E-state index contributed by atoms with van der Waals surface area (Å²) in [5.74, 6) is 1.11. The van der Waals surface area contributed by atoms with Crippen molar-refractivity contribution in [2.24, 2.45) is 0 Å². The van der Waals surface area contributed by atoms with E-state index >= 15 is 0 Å². The second-order valence-corrected chi connectivity index (χ2v) is 3.57. The van der Waals surface area contributed by atoms with Crippen molar-refractivity contribution in [3.63, 3.8) is 0 Å². The molecule has 0 saturated heterocycles. The lowest BCUT2D eigenvalue weighted by Gasteiger charge is -2.08. The number of aryl methyl sites for hydroxylation is 1. The molecule has 0 fully saturated rings. The van der Waals surface area contributed by atoms with Crippen LogP contribution in [0.4, 0.5) is 0 Å². The van der Waals surface area contributed by atoms with Crippen LogP contribution in [0, 0.1) is 6.92 Å². The summed E-state index contributed by atoms with van der Waals surface area (Å²) in [5.41, 5.74) is 1.26. The first kappa shape index (κ1) is 11.7. The number of ether oxygens (including phenoxy) is 1. The van der Waals surface area contributed by atoms with E-state index in [2.05, 4.69) is 16.2 Å². The number of benzene rings is 1. The van der Waals surface area contributed by atoms with Crippen LogP contribution in [0.5, 0.6) is 5.75 Å². The van der Waals surface area contributed by atoms with Crippen LogP contribution in [-0.2, 0) is 0 Å². The largest absolute Gasteiger partial charge is 0.487 e. The molecular weight excluding hydrogens is 191 g/mol. The van der Waals surface area contributed by atoms with E-state index in [9.17, 15) is 0 Å². The molecule has 0 N–H and O–H groups in total. The van der Waals surface area contributed by atoms with Crippen LogP contribution in [0.2, 0.25) is 0 Å². The molecule has 0 heterocycles. The van der Waals surface area contributed by atoms with Crippen molar-refractivity contribution in [1.29, 1.82) is 0 Å². The molecule has 68 valence electrons. The second kappa shape index (κ2) is 5.40. The normalized spacial score (nSPS) is 11.6. The molecule has 0 bridgehead atoms. The van der Waals surface area contributed by atoms with Gasteiger partial charge in [-0.1, -0.05) is 26.9 Å². The first-order valence-electron chi connectivity index (χ1n) is 3.67. The van der Waals surface area contributed by atoms with E-state index in [-0.39, 0.29) is 18.3 Å². The van der Waals surface area contributed by atoms with Crippen molar-refractivity contribution < 1.29 is 4.74 Å². The average molecular weight is 205 g/mol. The SMILES string of the molecule is Cc1ccc(OC(C)P)cc1.Cl. The van der Waals surface area contributed by atoms with Crippen LogP contribution in [0.3, 0.4) is 0 Å². The lowest BCUT2D eigenvalue weighted by molar-refractivity contribution is 0.307. The van der Waals surface area contributed by atoms with Crippen molar-refractivity contribution in [2.45, 2.75) is 19.7 Å². The van der Waals surface area contributed by atoms with Gasteiger partial charge in [0.15, 0.2) is 0 Å². The number of halogens is 1. The third-order valence-electron chi connectivity index (χ3n) is 1.34. The zero-order valence-electron chi connectivity index (χ0n) is 7.28. The molecule has 1 aromatic rings. The third kappa shape index (κ3) is 3.94. The minimum atomic E-state index is 0. The topological polar surface area (TPSA) is 9.23 Å². The molecule has 2 atom stereocenters. The van der Waals surface area contributed by atoms with Crippen LogP contribution in [0.15, 0.2) is 24.3 Å². The van der Waals surface area contributed by atoms with Crippen molar-refractivity contribution in [3.8, 4) is 5.75 Å². The summed E-state index contributed by atoms with van der Waals surface area (Å²) in [6, 6.07) is 8.05. The summed E-state index contributed by atoms with van der Waals surface area (Å²) in [6.07, 6.45) is 0. The predicted octanol–water partition coefficient (Wildman–Crippen LogP) is 3.02. The lowest BCUT2D eigenvalue weighted by atomic mass is 10.2. The van der Waals surface area contributed by atoms with Gasteiger partial charge < -0.3 is 4.74 Å². The van der Waals surface area contributed by atoms with Crippen molar-refractivity contribution in [2.75, 3.05) is 0 Å². The fraction of sp³-hybridized carbons (Fsp3) is 0.333. The van der Waals surface area contributed by atoms with Gasteiger partial charge in [-0.15, -0.1) is 12.4 Å². The van der Waals surface area contributed by atoms with E-state index in [0.29, 0.717) is 0 Å². The van der Waals surface area contributed by atoms with Gasteiger partial charge in [-0.05, 0) is 26.0 Å². The van der Waals surface area contributed by atoms with E-state index in [1.54, 1.807) is 0 Å². The molecule has 3 heteroatoms. The summed E-state index contributed by atoms with van der Waals surface area (Å²) >= 11 is 0. The Kier molecular flexibility index (Phi) is 5.28. The Morgan fingerprint density at radius 3 is 2.17 bits per heavy atom. The lowest BCUT2D eigenvalue weighted by Crippen LogP contribution is -2.00. The molecule has 0 radical (unpaired) electrons. The standard InChI is InChI=1S/C9H13OP.ClH/c1-7-3-5-9(6-4-7)10-8(2)11;/h3-6,8H,11H2,1-2H3;1H. The van der Waals surface area contributed by atoms with Crippen LogP contribution >= 0.6 is 21.6 Å². The number of hydrogen-bond acceptors (Lipinski definition) is 1. The van der Waals surface area contributed by atoms with Crippen LogP contribution < -0.4 is 4.74 Å². The highest BCUT2D eigenvalue weighted by molar-refractivity contribution is 7.17. The smallest absolute Gasteiger partial charge is 0.120 e. The fourth-order valence-corrected chi connectivity index (χ4v) is 0.989. The zero-order valence-corrected chi connectivity index (χ0v) is 9.25. The fourth-order valence-electron chi connectivity index (χ4n) is 0.831. The van der Waals surface area contributed by atoms with Gasteiger partial charge in [-0.25, -0.2) is 0 Å². The van der Waals surface area contributed by atoms with Crippen molar-refractivity contribution >= 4 is 21.6 Å². The Hall–Kier alpha value is -0.260. The van der Waals surface area contributed by atoms with Gasteiger partial charge in [-0.3, -0.25) is 0 Å². The second-order valence-electron chi connectivity index (χ2n) is 2.64. The Balaban J connectivity index is 0.00000121. The summed E-state index contributed by atoms with van der Waals surface area (Å²) in [7, 11) is 2.60. The molecule has 2 unspecified atom stereocenters. The Bertz CT molecular complexity index is 220. The molecule has 1 aromatic carbocycles. The van der Waals surface area contributed by atoms with E-state index in [0.717, 1.165) is 5.75 Å². The summed E-state index contributed by atoms with van der Waals surface area (Å²) in [4.78, 5) is 0. The van der Waals surface area contributed by atoms with E-state index in [1.807, 2.05) is 31.2 Å². The summed E-state index contributed by atoms with van der Waals surface area (Å²) in [6.45, 7) is 4.05. The molecule has 0 aromatic heterocycles. The van der Waals surface area contributed by atoms with Gasteiger partial charge in [0.1, 0.15) is 11.6 Å². The Labute approximate surface area is 82.1 Å². The minimum absolute atomic E-state index is 0. The molecule has 0 aliphatic heterocycles. The van der Waals surface area contributed by atoms with Gasteiger partial charge in [0.05, 0.1) is 0 Å². The van der Waals surface area contributed by atoms with Gasteiger partial charge in [0, 0.05) is 0 Å². The highest BCUT2D eigenvalue weighted by Gasteiger charge is 1.94. The zero-order chi connectivity index (χ0) is 8.27. The van der Waals surface area contributed by atoms with Gasteiger partial charge in [0.25, 0.3) is 0 Å². The highest BCUT2D eigenvalue weighted by atomic mass is 35.5. The molecule has 1 rings (SSSR count). The first-order chi connectivity index (χ1) is 5.18. The van der Waals surface area contributed by atoms with E-state index in [1.165, 1.54) is 5.56 Å². The quantitative estimate of drug-likeness (QED) is 0.673. The summed E-state index contributed by atoms with van der Waals surface area (Å²) < 4.78 is 5.43. The highest BCUT2D eigenvalue weighted by Crippen LogP contribution is 2.14. The van der Waals surface area contributed by atoms with Crippen molar-refractivity contribution in [3.05, 3.63) is 29.8 Å². The predicted molar refractivity (Wildman–Crippen MR) is 58.2 cm³/mol. The number of rotatable bonds is 2. The molecule has 1 nitrogen and oxygen atoms in total. The van der Waals surface area contributed by atoms with Gasteiger partial charge in [0.2, 0.25) is 0 Å². The molecule has 0 aliphatic rings. The molecule has 0 amide bonds. The third-order valence-corrected chi connectivity index (χ3v) is 1.48. The van der Waals surface area contributed by atoms with Crippen LogP contribution in [0.1, 0.15) is 12.5 Å². The minimum Gasteiger partial charge on any atom is -0.487 e. The van der Waals surface area contributed by atoms with E-state index in [4.69, 9.17) is 4.74 Å². The maximum absolute atomic E-state index is 5.43. The van der Waals surface area contributed by atoms with Gasteiger partial charge >= 0.3 is 0 Å². The Morgan fingerprint density at radius 1 is 1.25 bits per heavy atom. The maximum Gasteiger partial charge on any atom is 0.120 e. The number of hydrogen-bond donors (Lipinski definition) is 0.